The maximum Gasteiger partial charge on any atom is 0.251 e. The third-order valence-electron chi connectivity index (χ3n) is 6.20. The summed E-state index contributed by atoms with van der Waals surface area (Å²) in [6.07, 6.45) is 0.461. The Morgan fingerprint density at radius 1 is 1.05 bits per heavy atom. The van der Waals surface area contributed by atoms with E-state index in [0.29, 0.717) is 35.0 Å². The lowest BCUT2D eigenvalue weighted by atomic mass is 10.0. The standard InChI is InChI=1S/C29H35N5O5/c1-19-11-13-24(39-19)27(28(36)30-29(2,3)4)33(16-15-20-12-14-23(37-5)25(17-20)38-6)26(35)18-34-22-10-8-7-9-21(22)31-32-34/h7-14,17,27H,15-16,18H2,1-6H3,(H,30,36). The number of furan rings is 1. The second-order valence-corrected chi connectivity index (χ2v) is 10.4. The van der Waals surface area contributed by atoms with E-state index in [1.54, 1.807) is 42.9 Å². The Bertz CT molecular complexity index is 1450. The van der Waals surface area contributed by atoms with E-state index in [9.17, 15) is 9.59 Å². The largest absolute Gasteiger partial charge is 0.493 e. The highest BCUT2D eigenvalue weighted by molar-refractivity contribution is 5.89. The second-order valence-electron chi connectivity index (χ2n) is 10.4. The molecule has 10 nitrogen and oxygen atoms in total. The molecule has 0 aliphatic carbocycles. The Hall–Kier alpha value is -4.34. The topological polar surface area (TPSA) is 112 Å². The number of rotatable bonds is 10. The molecule has 0 aliphatic rings. The first-order valence-electron chi connectivity index (χ1n) is 12.8. The highest BCUT2D eigenvalue weighted by Crippen LogP contribution is 2.29. The van der Waals surface area contributed by atoms with Gasteiger partial charge in [0.15, 0.2) is 17.5 Å². The molecule has 0 fully saturated rings. The van der Waals surface area contributed by atoms with Crippen molar-refractivity contribution in [2.45, 2.75) is 52.2 Å². The summed E-state index contributed by atoms with van der Waals surface area (Å²) >= 11 is 0. The van der Waals surface area contributed by atoms with Gasteiger partial charge in [-0.1, -0.05) is 23.4 Å². The number of aryl methyl sites for hydroxylation is 1. The third kappa shape index (κ3) is 6.57. The quantitative estimate of drug-likeness (QED) is 0.327. The second kappa shape index (κ2) is 11.6. The molecule has 10 heteroatoms. The molecule has 0 bridgehead atoms. The van der Waals surface area contributed by atoms with Crippen LogP contribution in [0.2, 0.25) is 0 Å². The molecule has 39 heavy (non-hydrogen) atoms. The molecule has 1 unspecified atom stereocenters. The van der Waals surface area contributed by atoms with Crippen molar-refractivity contribution in [3.8, 4) is 11.5 Å². The van der Waals surface area contributed by atoms with E-state index < -0.39 is 11.6 Å². The van der Waals surface area contributed by atoms with E-state index >= 15 is 0 Å². The fourth-order valence-corrected chi connectivity index (χ4v) is 4.40. The van der Waals surface area contributed by atoms with Crippen molar-refractivity contribution in [3.63, 3.8) is 0 Å². The predicted octanol–water partition coefficient (Wildman–Crippen LogP) is 4.08. The number of benzene rings is 2. The van der Waals surface area contributed by atoms with Gasteiger partial charge in [0.2, 0.25) is 5.91 Å². The van der Waals surface area contributed by atoms with Crippen LogP contribution in [0.1, 0.15) is 43.9 Å². The molecule has 2 aromatic heterocycles. The molecule has 206 valence electrons. The number of para-hydroxylation sites is 1. The van der Waals surface area contributed by atoms with E-state index in [2.05, 4.69) is 15.6 Å². The fourth-order valence-electron chi connectivity index (χ4n) is 4.40. The average molecular weight is 534 g/mol. The number of aromatic nitrogens is 3. The number of fused-ring (bicyclic) bond motifs is 1. The van der Waals surface area contributed by atoms with Crippen LogP contribution < -0.4 is 14.8 Å². The van der Waals surface area contributed by atoms with Gasteiger partial charge in [-0.15, -0.1) is 5.10 Å². The Balaban J connectivity index is 1.70. The van der Waals surface area contributed by atoms with Crippen LogP contribution in [0.25, 0.3) is 11.0 Å². The molecule has 0 radical (unpaired) electrons. The third-order valence-corrected chi connectivity index (χ3v) is 6.20. The summed E-state index contributed by atoms with van der Waals surface area (Å²) in [6.45, 7) is 7.64. The van der Waals surface area contributed by atoms with Gasteiger partial charge >= 0.3 is 0 Å². The Morgan fingerprint density at radius 2 is 1.79 bits per heavy atom. The molecule has 4 rings (SSSR count). The Labute approximate surface area is 227 Å². The molecule has 0 saturated heterocycles. The van der Waals surface area contributed by atoms with Gasteiger partial charge in [0, 0.05) is 12.1 Å². The lowest BCUT2D eigenvalue weighted by Gasteiger charge is -2.32. The van der Waals surface area contributed by atoms with Crippen molar-refractivity contribution in [2.75, 3.05) is 20.8 Å². The van der Waals surface area contributed by atoms with Crippen LogP contribution in [0.3, 0.4) is 0 Å². The number of ether oxygens (including phenoxy) is 2. The van der Waals surface area contributed by atoms with Gasteiger partial charge in [-0.25, -0.2) is 4.68 Å². The van der Waals surface area contributed by atoms with Crippen LogP contribution in [-0.2, 0) is 22.6 Å². The maximum absolute atomic E-state index is 14.0. The van der Waals surface area contributed by atoms with Crippen molar-refractivity contribution in [2.24, 2.45) is 0 Å². The number of carbonyl (C=O) groups excluding carboxylic acids is 2. The van der Waals surface area contributed by atoms with Gasteiger partial charge in [0.05, 0.1) is 19.7 Å². The summed E-state index contributed by atoms with van der Waals surface area (Å²) in [5, 5.41) is 11.4. The zero-order chi connectivity index (χ0) is 28.2. The van der Waals surface area contributed by atoms with Crippen LogP contribution in [0, 0.1) is 6.92 Å². The van der Waals surface area contributed by atoms with E-state index in [4.69, 9.17) is 13.9 Å². The molecule has 0 aliphatic heterocycles. The van der Waals surface area contributed by atoms with Crippen LogP contribution in [-0.4, -0.2) is 58.0 Å². The van der Waals surface area contributed by atoms with Gasteiger partial charge in [0.25, 0.3) is 5.91 Å². The summed E-state index contributed by atoms with van der Waals surface area (Å²) in [6, 6.07) is 15.6. The molecule has 0 saturated carbocycles. The first kappa shape index (κ1) is 27.7. The van der Waals surface area contributed by atoms with Crippen LogP contribution in [0.5, 0.6) is 11.5 Å². The zero-order valence-corrected chi connectivity index (χ0v) is 23.2. The molecule has 4 aromatic rings. The zero-order valence-electron chi connectivity index (χ0n) is 23.2. The number of carbonyl (C=O) groups is 2. The van der Waals surface area contributed by atoms with Crippen molar-refractivity contribution in [3.05, 3.63) is 71.7 Å². The van der Waals surface area contributed by atoms with Gasteiger partial charge in [-0.05, 0) is 76.1 Å². The SMILES string of the molecule is COc1ccc(CCN(C(=O)Cn2nnc3ccccc32)C(C(=O)NC(C)(C)C)c2ccc(C)o2)cc1OC. The predicted molar refractivity (Wildman–Crippen MR) is 147 cm³/mol. The van der Waals surface area contributed by atoms with Crippen LogP contribution >= 0.6 is 0 Å². The Morgan fingerprint density at radius 3 is 2.46 bits per heavy atom. The lowest BCUT2D eigenvalue weighted by Crippen LogP contribution is -2.50. The molecule has 1 atom stereocenters. The lowest BCUT2D eigenvalue weighted by molar-refractivity contribution is -0.142. The number of nitrogens with one attached hydrogen (secondary N) is 1. The van der Waals surface area contributed by atoms with Crippen LogP contribution in [0.15, 0.2) is 59.0 Å². The van der Waals surface area contributed by atoms with E-state index in [1.807, 2.05) is 63.2 Å². The summed E-state index contributed by atoms with van der Waals surface area (Å²) in [5.41, 5.74) is 1.82. The molecule has 2 aromatic carbocycles. The number of amides is 2. The highest BCUT2D eigenvalue weighted by atomic mass is 16.5. The number of hydrogen-bond acceptors (Lipinski definition) is 7. The Kier molecular flexibility index (Phi) is 8.23. The van der Waals surface area contributed by atoms with Crippen LogP contribution in [0.4, 0.5) is 0 Å². The smallest absolute Gasteiger partial charge is 0.251 e. The molecular formula is C29H35N5O5. The summed E-state index contributed by atoms with van der Waals surface area (Å²) < 4.78 is 18.3. The number of nitrogens with zero attached hydrogens (tertiary/aromatic N) is 4. The van der Waals surface area contributed by atoms with Gasteiger partial charge in [-0.3, -0.25) is 9.59 Å². The molecule has 0 spiro atoms. The van der Waals surface area contributed by atoms with Crippen molar-refractivity contribution in [1.29, 1.82) is 0 Å². The summed E-state index contributed by atoms with van der Waals surface area (Å²) in [4.78, 5) is 29.2. The fraction of sp³-hybridized carbons (Fsp3) is 0.379. The summed E-state index contributed by atoms with van der Waals surface area (Å²) in [5.74, 6) is 1.60. The van der Waals surface area contributed by atoms with Crippen molar-refractivity contribution < 1.29 is 23.5 Å². The minimum absolute atomic E-state index is 0.0918. The first-order valence-corrected chi connectivity index (χ1v) is 12.8. The molecule has 1 N–H and O–H groups in total. The average Bonchev–Trinajstić information content (AvgIpc) is 3.51. The number of methoxy groups -OCH3 is 2. The van der Waals surface area contributed by atoms with Crippen molar-refractivity contribution in [1.82, 2.24) is 25.2 Å². The van der Waals surface area contributed by atoms with Gasteiger partial charge < -0.3 is 24.1 Å². The van der Waals surface area contributed by atoms with E-state index in [1.165, 1.54) is 0 Å². The molecule has 2 heterocycles. The van der Waals surface area contributed by atoms with E-state index in [0.717, 1.165) is 11.1 Å². The van der Waals surface area contributed by atoms with Gasteiger partial charge in [0.1, 0.15) is 23.6 Å². The molecule has 2 amide bonds. The summed E-state index contributed by atoms with van der Waals surface area (Å²) in [7, 11) is 3.15. The number of hydrogen-bond donors (Lipinski definition) is 1. The normalized spacial score (nSPS) is 12.3. The first-order chi connectivity index (χ1) is 18.6. The highest BCUT2D eigenvalue weighted by Gasteiger charge is 2.35. The minimum Gasteiger partial charge on any atom is -0.493 e. The van der Waals surface area contributed by atoms with Gasteiger partial charge in [-0.2, -0.15) is 0 Å². The van der Waals surface area contributed by atoms with E-state index in [-0.39, 0.29) is 24.9 Å². The maximum atomic E-state index is 14.0. The monoisotopic (exact) mass is 533 g/mol. The van der Waals surface area contributed by atoms with Crippen molar-refractivity contribution >= 4 is 22.8 Å². The minimum atomic E-state index is -0.986. The molecular weight excluding hydrogens is 498 g/mol.